The second-order valence-electron chi connectivity index (χ2n) is 5.19. The lowest BCUT2D eigenvalue weighted by molar-refractivity contribution is 0.0232. The summed E-state index contributed by atoms with van der Waals surface area (Å²) in [5.74, 6) is 0. The van der Waals surface area contributed by atoms with Gasteiger partial charge >= 0.3 is 0 Å². The first-order chi connectivity index (χ1) is 8.86. The molecule has 2 aliphatic heterocycles. The predicted octanol–water partition coefficient (Wildman–Crippen LogP) is 2.31. The van der Waals surface area contributed by atoms with Crippen LogP contribution in [0.4, 0.5) is 0 Å². The van der Waals surface area contributed by atoms with Crippen molar-refractivity contribution in [2.75, 3.05) is 13.2 Å². The molecular formula is C15H18N2O. The predicted molar refractivity (Wildman–Crippen MR) is 68.9 cm³/mol. The zero-order valence-electron chi connectivity index (χ0n) is 10.5. The molecule has 0 aliphatic carbocycles. The van der Waals surface area contributed by atoms with E-state index in [2.05, 4.69) is 17.0 Å². The molecule has 0 unspecified atom stereocenters. The van der Waals surface area contributed by atoms with E-state index in [4.69, 9.17) is 10.00 Å². The molecule has 0 amide bonds. The fraction of sp³-hybridized carbons (Fsp3) is 0.533. The summed E-state index contributed by atoms with van der Waals surface area (Å²) >= 11 is 0. The van der Waals surface area contributed by atoms with Crippen molar-refractivity contribution in [2.45, 2.75) is 38.0 Å². The second-order valence-corrected chi connectivity index (χ2v) is 5.19. The summed E-state index contributed by atoms with van der Waals surface area (Å²) < 4.78 is 5.78. The summed E-state index contributed by atoms with van der Waals surface area (Å²) in [5.41, 5.74) is 1.99. The number of ether oxygens (including phenoxy) is 1. The Balaban J connectivity index is 1.73. The third-order valence-electron chi connectivity index (χ3n) is 4.02. The lowest BCUT2D eigenvalue weighted by atomic mass is 9.97. The molecule has 2 aliphatic rings. The van der Waals surface area contributed by atoms with Crippen molar-refractivity contribution in [3.8, 4) is 6.07 Å². The zero-order valence-corrected chi connectivity index (χ0v) is 10.5. The van der Waals surface area contributed by atoms with Gasteiger partial charge in [-0.15, -0.1) is 0 Å². The number of fused-ring (bicyclic) bond motifs is 1. The monoisotopic (exact) mass is 242 g/mol. The van der Waals surface area contributed by atoms with Crippen LogP contribution in [-0.4, -0.2) is 30.2 Å². The van der Waals surface area contributed by atoms with Crippen LogP contribution in [0.15, 0.2) is 24.3 Å². The van der Waals surface area contributed by atoms with E-state index < -0.39 is 0 Å². The van der Waals surface area contributed by atoms with Crippen LogP contribution < -0.4 is 0 Å². The Morgan fingerprint density at radius 1 is 1.39 bits per heavy atom. The molecule has 94 valence electrons. The van der Waals surface area contributed by atoms with Crippen molar-refractivity contribution < 1.29 is 4.74 Å². The van der Waals surface area contributed by atoms with E-state index in [9.17, 15) is 0 Å². The molecule has 0 N–H and O–H groups in total. The average molecular weight is 242 g/mol. The highest BCUT2D eigenvalue weighted by Gasteiger charge is 2.35. The van der Waals surface area contributed by atoms with Gasteiger partial charge in [0, 0.05) is 19.2 Å². The molecule has 0 bridgehead atoms. The quantitative estimate of drug-likeness (QED) is 0.798. The highest BCUT2D eigenvalue weighted by Crippen LogP contribution is 2.29. The third kappa shape index (κ3) is 2.27. The highest BCUT2D eigenvalue weighted by atomic mass is 16.5. The zero-order chi connectivity index (χ0) is 12.4. The summed E-state index contributed by atoms with van der Waals surface area (Å²) in [7, 11) is 0. The normalized spacial score (nSPS) is 27.7. The maximum Gasteiger partial charge on any atom is 0.0991 e. The van der Waals surface area contributed by atoms with Crippen LogP contribution in [0.2, 0.25) is 0 Å². The van der Waals surface area contributed by atoms with E-state index in [1.807, 2.05) is 18.2 Å². The smallest absolute Gasteiger partial charge is 0.0991 e. The molecule has 0 spiro atoms. The van der Waals surface area contributed by atoms with Crippen LogP contribution in [0.25, 0.3) is 0 Å². The lowest BCUT2D eigenvalue weighted by Crippen LogP contribution is -2.45. The molecule has 3 rings (SSSR count). The number of piperidine rings is 1. The first-order valence-electron chi connectivity index (χ1n) is 6.71. The Labute approximate surface area is 108 Å². The van der Waals surface area contributed by atoms with Gasteiger partial charge in [-0.25, -0.2) is 0 Å². The third-order valence-corrected chi connectivity index (χ3v) is 4.02. The van der Waals surface area contributed by atoms with Gasteiger partial charge in [0.05, 0.1) is 17.7 Å². The molecule has 0 aromatic heterocycles. The molecule has 2 atom stereocenters. The first-order valence-corrected chi connectivity index (χ1v) is 6.71. The van der Waals surface area contributed by atoms with Gasteiger partial charge in [0.2, 0.25) is 0 Å². The highest BCUT2D eigenvalue weighted by molar-refractivity contribution is 5.32. The van der Waals surface area contributed by atoms with E-state index in [0.29, 0.717) is 12.1 Å². The lowest BCUT2D eigenvalue weighted by Gasteiger charge is -2.36. The molecular weight excluding hydrogens is 224 g/mol. The number of likely N-dealkylation sites (tertiary alicyclic amines) is 1. The number of hydrogen-bond donors (Lipinski definition) is 0. The van der Waals surface area contributed by atoms with Crippen molar-refractivity contribution in [2.24, 2.45) is 0 Å². The van der Waals surface area contributed by atoms with E-state index in [-0.39, 0.29) is 0 Å². The van der Waals surface area contributed by atoms with Crippen LogP contribution in [0.3, 0.4) is 0 Å². The Bertz CT molecular complexity index is 466. The molecule has 3 heteroatoms. The number of nitriles is 1. The summed E-state index contributed by atoms with van der Waals surface area (Å²) in [6, 6.07) is 10.7. The SMILES string of the molecule is N#Cc1cccc(CN2CCC[C@H]3OCC[C@H]32)c1. The van der Waals surface area contributed by atoms with Crippen LogP contribution in [0.5, 0.6) is 0 Å². The van der Waals surface area contributed by atoms with E-state index >= 15 is 0 Å². The first kappa shape index (κ1) is 11.7. The van der Waals surface area contributed by atoms with Crippen molar-refractivity contribution >= 4 is 0 Å². The van der Waals surface area contributed by atoms with Crippen LogP contribution >= 0.6 is 0 Å². The Kier molecular flexibility index (Phi) is 3.31. The molecule has 1 aromatic carbocycles. The van der Waals surface area contributed by atoms with Crippen molar-refractivity contribution in [1.29, 1.82) is 5.26 Å². The Morgan fingerprint density at radius 2 is 2.33 bits per heavy atom. The Hall–Kier alpha value is -1.37. The van der Waals surface area contributed by atoms with Crippen LogP contribution in [0.1, 0.15) is 30.4 Å². The van der Waals surface area contributed by atoms with Crippen molar-refractivity contribution in [1.82, 2.24) is 4.90 Å². The van der Waals surface area contributed by atoms with Gasteiger partial charge in [0.1, 0.15) is 0 Å². The largest absolute Gasteiger partial charge is 0.377 e. The maximum absolute atomic E-state index is 8.93. The topological polar surface area (TPSA) is 36.3 Å². The Morgan fingerprint density at radius 3 is 3.22 bits per heavy atom. The fourth-order valence-electron chi connectivity index (χ4n) is 3.16. The summed E-state index contributed by atoms with van der Waals surface area (Å²) in [6.07, 6.45) is 4.03. The molecule has 0 saturated carbocycles. The minimum atomic E-state index is 0.442. The van der Waals surface area contributed by atoms with Crippen LogP contribution in [-0.2, 0) is 11.3 Å². The van der Waals surface area contributed by atoms with Gasteiger partial charge in [-0.2, -0.15) is 5.26 Å². The standard InChI is InChI=1S/C15H18N2O/c16-10-12-3-1-4-13(9-12)11-17-7-2-5-15-14(17)6-8-18-15/h1,3-4,9,14-15H,2,5-8,11H2/t14-,15-/m1/s1. The summed E-state index contributed by atoms with van der Waals surface area (Å²) in [6.45, 7) is 3.01. The summed E-state index contributed by atoms with van der Waals surface area (Å²) in [4.78, 5) is 2.53. The average Bonchev–Trinajstić information content (AvgIpc) is 2.88. The number of nitrogens with zero attached hydrogens (tertiary/aromatic N) is 2. The van der Waals surface area contributed by atoms with Gasteiger partial charge in [0.15, 0.2) is 0 Å². The molecule has 0 radical (unpaired) electrons. The van der Waals surface area contributed by atoms with E-state index in [1.54, 1.807) is 0 Å². The summed E-state index contributed by atoms with van der Waals surface area (Å²) in [5, 5.41) is 8.93. The minimum absolute atomic E-state index is 0.442. The van der Waals surface area contributed by atoms with Crippen LogP contribution in [0, 0.1) is 11.3 Å². The number of benzene rings is 1. The maximum atomic E-state index is 8.93. The molecule has 3 nitrogen and oxygen atoms in total. The van der Waals surface area contributed by atoms with Gasteiger partial charge in [-0.1, -0.05) is 12.1 Å². The molecule has 2 fully saturated rings. The molecule has 2 heterocycles. The van der Waals surface area contributed by atoms with Gasteiger partial charge < -0.3 is 4.74 Å². The number of hydrogen-bond acceptors (Lipinski definition) is 3. The second kappa shape index (κ2) is 5.09. The fourth-order valence-corrected chi connectivity index (χ4v) is 3.16. The molecule has 1 aromatic rings. The number of rotatable bonds is 2. The van der Waals surface area contributed by atoms with E-state index in [1.165, 1.54) is 18.4 Å². The molecule has 18 heavy (non-hydrogen) atoms. The minimum Gasteiger partial charge on any atom is -0.377 e. The van der Waals surface area contributed by atoms with Gasteiger partial charge in [0.25, 0.3) is 0 Å². The van der Waals surface area contributed by atoms with Crippen molar-refractivity contribution in [3.05, 3.63) is 35.4 Å². The van der Waals surface area contributed by atoms with Gasteiger partial charge in [-0.05, 0) is 43.5 Å². The van der Waals surface area contributed by atoms with Crippen molar-refractivity contribution in [3.63, 3.8) is 0 Å². The molecule has 2 saturated heterocycles. The van der Waals surface area contributed by atoms with E-state index in [0.717, 1.165) is 31.7 Å². The van der Waals surface area contributed by atoms with Gasteiger partial charge in [-0.3, -0.25) is 4.90 Å².